The summed E-state index contributed by atoms with van der Waals surface area (Å²) in [5.41, 5.74) is 4.26. The van der Waals surface area contributed by atoms with Gasteiger partial charge in [-0.3, -0.25) is 4.98 Å². The first-order chi connectivity index (χ1) is 15.5. The van der Waals surface area contributed by atoms with Crippen LogP contribution < -0.4 is 9.47 Å². The Labute approximate surface area is 192 Å². The SMILES string of the molecule is CN(C)CCCOc1ccc(-c2ccc(-c3ccc(OCCCN(C)C)cc3)nc2)cc1. The summed E-state index contributed by atoms with van der Waals surface area (Å²) in [6, 6.07) is 20.5. The minimum atomic E-state index is 0.727. The van der Waals surface area contributed by atoms with E-state index in [-0.39, 0.29) is 0 Å². The van der Waals surface area contributed by atoms with Crippen LogP contribution in [-0.4, -0.2) is 69.3 Å². The van der Waals surface area contributed by atoms with Crippen LogP contribution in [0.1, 0.15) is 12.8 Å². The number of rotatable bonds is 12. The molecule has 0 aliphatic heterocycles. The number of hydrogen-bond donors (Lipinski definition) is 0. The van der Waals surface area contributed by atoms with Gasteiger partial charge in [0.2, 0.25) is 0 Å². The highest BCUT2D eigenvalue weighted by Crippen LogP contribution is 2.25. The summed E-state index contributed by atoms with van der Waals surface area (Å²) in [6.45, 7) is 3.52. The van der Waals surface area contributed by atoms with E-state index >= 15 is 0 Å². The number of pyridine rings is 1. The van der Waals surface area contributed by atoms with E-state index in [1.165, 1.54) is 0 Å². The second-order valence-corrected chi connectivity index (χ2v) is 8.49. The molecule has 1 heterocycles. The van der Waals surface area contributed by atoms with E-state index in [9.17, 15) is 0 Å². The van der Waals surface area contributed by atoms with Gasteiger partial charge < -0.3 is 19.3 Å². The molecule has 170 valence electrons. The summed E-state index contributed by atoms with van der Waals surface area (Å²) < 4.78 is 11.6. The first-order valence-electron chi connectivity index (χ1n) is 11.2. The average molecular weight is 434 g/mol. The van der Waals surface area contributed by atoms with Crippen molar-refractivity contribution in [2.24, 2.45) is 0 Å². The monoisotopic (exact) mass is 433 g/mol. The first kappa shape index (κ1) is 23.8. The smallest absolute Gasteiger partial charge is 0.119 e. The molecule has 0 fully saturated rings. The summed E-state index contributed by atoms with van der Waals surface area (Å²) in [7, 11) is 8.30. The summed E-state index contributed by atoms with van der Waals surface area (Å²) >= 11 is 0. The Kier molecular flexibility index (Phi) is 9.08. The molecule has 2 aromatic carbocycles. The number of ether oxygens (including phenoxy) is 2. The summed E-state index contributed by atoms with van der Waals surface area (Å²) in [6.07, 6.45) is 3.96. The van der Waals surface area contributed by atoms with Gasteiger partial charge in [0.05, 0.1) is 18.9 Å². The highest BCUT2D eigenvalue weighted by Gasteiger charge is 2.04. The molecule has 0 unspecified atom stereocenters. The normalized spacial score (nSPS) is 11.2. The zero-order valence-electron chi connectivity index (χ0n) is 19.8. The highest BCUT2D eigenvalue weighted by molar-refractivity contribution is 5.67. The van der Waals surface area contributed by atoms with Crippen LogP contribution in [0.4, 0.5) is 0 Å². The largest absolute Gasteiger partial charge is 0.494 e. The van der Waals surface area contributed by atoms with Crippen LogP contribution in [0, 0.1) is 0 Å². The van der Waals surface area contributed by atoms with E-state index in [1.54, 1.807) is 0 Å². The fourth-order valence-electron chi connectivity index (χ4n) is 3.34. The Hall–Kier alpha value is -2.89. The lowest BCUT2D eigenvalue weighted by Crippen LogP contribution is -2.15. The van der Waals surface area contributed by atoms with E-state index in [0.29, 0.717) is 0 Å². The summed E-state index contributed by atoms with van der Waals surface area (Å²) in [5, 5.41) is 0. The molecule has 32 heavy (non-hydrogen) atoms. The Morgan fingerprint density at radius 2 is 1.06 bits per heavy atom. The standard InChI is InChI=1S/C27H35N3O2/c1-29(2)17-5-19-31-25-12-7-22(8-13-25)24-11-16-27(28-21-24)23-9-14-26(15-10-23)32-20-6-18-30(3)4/h7-16,21H,5-6,17-20H2,1-4H3. The zero-order valence-corrected chi connectivity index (χ0v) is 19.8. The van der Waals surface area contributed by atoms with Crippen LogP contribution in [0.2, 0.25) is 0 Å². The van der Waals surface area contributed by atoms with E-state index in [4.69, 9.17) is 9.47 Å². The van der Waals surface area contributed by atoms with Crippen LogP contribution >= 0.6 is 0 Å². The average Bonchev–Trinajstić information content (AvgIpc) is 2.80. The number of hydrogen-bond acceptors (Lipinski definition) is 5. The predicted molar refractivity (Wildman–Crippen MR) is 132 cm³/mol. The van der Waals surface area contributed by atoms with E-state index in [0.717, 1.165) is 73.0 Å². The van der Waals surface area contributed by atoms with Gasteiger partial charge in [0.25, 0.3) is 0 Å². The third-order valence-corrected chi connectivity index (χ3v) is 5.14. The van der Waals surface area contributed by atoms with Crippen LogP contribution in [-0.2, 0) is 0 Å². The van der Waals surface area contributed by atoms with Crippen LogP contribution in [0.3, 0.4) is 0 Å². The molecule has 3 rings (SSSR count). The molecule has 1 aromatic heterocycles. The Bertz CT molecular complexity index is 842. The summed E-state index contributed by atoms with van der Waals surface area (Å²) in [4.78, 5) is 9.00. The molecule has 0 amide bonds. The topological polar surface area (TPSA) is 37.8 Å². The number of aromatic nitrogens is 1. The van der Waals surface area contributed by atoms with Crippen molar-refractivity contribution in [3.05, 3.63) is 66.9 Å². The van der Waals surface area contributed by atoms with Crippen LogP contribution in [0.5, 0.6) is 11.5 Å². The lowest BCUT2D eigenvalue weighted by Gasteiger charge is -2.11. The van der Waals surface area contributed by atoms with Crippen molar-refractivity contribution in [1.82, 2.24) is 14.8 Å². The molecule has 0 spiro atoms. The van der Waals surface area contributed by atoms with Gasteiger partial charge in [-0.25, -0.2) is 0 Å². The fourth-order valence-corrected chi connectivity index (χ4v) is 3.34. The van der Waals surface area contributed by atoms with Crippen molar-refractivity contribution in [2.75, 3.05) is 54.5 Å². The van der Waals surface area contributed by atoms with E-state index in [2.05, 4.69) is 79.4 Å². The molecule has 5 heteroatoms. The third kappa shape index (κ3) is 7.66. The second-order valence-electron chi connectivity index (χ2n) is 8.49. The van der Waals surface area contributed by atoms with Crippen molar-refractivity contribution in [1.29, 1.82) is 0 Å². The van der Waals surface area contributed by atoms with Gasteiger partial charge >= 0.3 is 0 Å². The predicted octanol–water partition coefficient (Wildman–Crippen LogP) is 5.08. The molecule has 0 N–H and O–H groups in total. The van der Waals surface area contributed by atoms with Gasteiger partial charge in [-0.1, -0.05) is 18.2 Å². The minimum Gasteiger partial charge on any atom is -0.494 e. The van der Waals surface area contributed by atoms with Gasteiger partial charge in [0, 0.05) is 30.4 Å². The lowest BCUT2D eigenvalue weighted by atomic mass is 10.1. The van der Waals surface area contributed by atoms with Gasteiger partial charge in [-0.15, -0.1) is 0 Å². The van der Waals surface area contributed by atoms with Crippen molar-refractivity contribution in [3.8, 4) is 33.9 Å². The maximum absolute atomic E-state index is 5.82. The third-order valence-electron chi connectivity index (χ3n) is 5.14. The van der Waals surface area contributed by atoms with Gasteiger partial charge in [-0.05, 0) is 89.1 Å². The Morgan fingerprint density at radius 1 is 0.594 bits per heavy atom. The number of benzene rings is 2. The molecule has 0 aliphatic rings. The van der Waals surface area contributed by atoms with E-state index in [1.807, 2.05) is 30.5 Å². The second kappa shape index (κ2) is 12.2. The Balaban J connectivity index is 1.53. The molecular weight excluding hydrogens is 398 g/mol. The van der Waals surface area contributed by atoms with Gasteiger partial charge in [0.1, 0.15) is 11.5 Å². The summed E-state index contributed by atoms with van der Waals surface area (Å²) in [5.74, 6) is 1.80. The molecule has 3 aromatic rings. The molecule has 0 bridgehead atoms. The minimum absolute atomic E-state index is 0.727. The zero-order chi connectivity index (χ0) is 22.8. The van der Waals surface area contributed by atoms with Crippen molar-refractivity contribution >= 4 is 0 Å². The van der Waals surface area contributed by atoms with Crippen molar-refractivity contribution in [2.45, 2.75) is 12.8 Å². The van der Waals surface area contributed by atoms with Crippen LogP contribution in [0.25, 0.3) is 22.4 Å². The maximum atomic E-state index is 5.82. The molecule has 0 aliphatic carbocycles. The maximum Gasteiger partial charge on any atom is 0.119 e. The van der Waals surface area contributed by atoms with Gasteiger partial charge in [0.15, 0.2) is 0 Å². The highest BCUT2D eigenvalue weighted by atomic mass is 16.5. The van der Waals surface area contributed by atoms with Crippen LogP contribution in [0.15, 0.2) is 66.9 Å². The first-order valence-corrected chi connectivity index (χ1v) is 11.2. The van der Waals surface area contributed by atoms with Gasteiger partial charge in [-0.2, -0.15) is 0 Å². The quantitative estimate of drug-likeness (QED) is 0.373. The molecule has 0 saturated carbocycles. The molecule has 0 radical (unpaired) electrons. The van der Waals surface area contributed by atoms with Crippen molar-refractivity contribution in [3.63, 3.8) is 0 Å². The molecular formula is C27H35N3O2. The van der Waals surface area contributed by atoms with E-state index < -0.39 is 0 Å². The fraction of sp³-hybridized carbons (Fsp3) is 0.370. The molecule has 0 atom stereocenters. The lowest BCUT2D eigenvalue weighted by molar-refractivity contribution is 0.281. The van der Waals surface area contributed by atoms with Crippen molar-refractivity contribution < 1.29 is 9.47 Å². The molecule has 0 saturated heterocycles. The number of nitrogens with zero attached hydrogens (tertiary/aromatic N) is 3. The Morgan fingerprint density at radius 3 is 1.50 bits per heavy atom. The molecule has 5 nitrogen and oxygen atoms in total.